The van der Waals surface area contributed by atoms with Gasteiger partial charge in [0.2, 0.25) is 5.91 Å². The lowest BCUT2D eigenvalue weighted by molar-refractivity contribution is -0.121. The van der Waals surface area contributed by atoms with E-state index in [1.165, 1.54) is 0 Å². The largest absolute Gasteiger partial charge is 0.399 e. The van der Waals surface area contributed by atoms with Crippen molar-refractivity contribution in [3.8, 4) is 0 Å². The van der Waals surface area contributed by atoms with Gasteiger partial charge in [0.15, 0.2) is 0 Å². The van der Waals surface area contributed by atoms with Crippen molar-refractivity contribution in [3.05, 3.63) is 24.0 Å². The van der Waals surface area contributed by atoms with Crippen LogP contribution in [0, 0.1) is 0 Å². The third-order valence-corrected chi connectivity index (χ3v) is 3.27. The summed E-state index contributed by atoms with van der Waals surface area (Å²) in [5.74, 6) is 0.980. The molecule has 1 aromatic carbocycles. The lowest BCUT2D eigenvalue weighted by Crippen LogP contribution is -2.36. The van der Waals surface area contributed by atoms with Crippen molar-refractivity contribution in [3.63, 3.8) is 0 Å². The molecule has 0 atom stereocenters. The first kappa shape index (κ1) is 15.3. The first-order chi connectivity index (χ1) is 10.1. The number of imidazole rings is 1. The molecule has 0 aliphatic carbocycles. The Kier molecular flexibility index (Phi) is 5.16. The number of carbonyl (C=O) groups is 1. The first-order valence-corrected chi connectivity index (χ1v) is 7.28. The zero-order valence-electron chi connectivity index (χ0n) is 12.6. The molecule has 0 saturated carbocycles. The summed E-state index contributed by atoms with van der Waals surface area (Å²) >= 11 is 0. The molecule has 114 valence electrons. The summed E-state index contributed by atoms with van der Waals surface area (Å²) in [6, 6.07) is 5.64. The highest BCUT2D eigenvalue weighted by Crippen LogP contribution is 2.15. The molecular formula is C15H23N5O. The predicted octanol–water partition coefficient (Wildman–Crippen LogP) is 1.15. The van der Waals surface area contributed by atoms with Gasteiger partial charge in [-0.2, -0.15) is 0 Å². The average molecular weight is 289 g/mol. The third-order valence-electron chi connectivity index (χ3n) is 3.27. The van der Waals surface area contributed by atoms with Crippen LogP contribution in [0.5, 0.6) is 0 Å². The number of carbonyl (C=O) groups excluding carboxylic acids is 1. The van der Waals surface area contributed by atoms with Crippen LogP contribution in [0.1, 0.15) is 19.2 Å². The molecule has 2 rings (SSSR count). The van der Waals surface area contributed by atoms with E-state index in [2.05, 4.69) is 15.3 Å². The highest BCUT2D eigenvalue weighted by Gasteiger charge is 2.08. The van der Waals surface area contributed by atoms with Crippen LogP contribution in [0.15, 0.2) is 18.2 Å². The molecular weight excluding hydrogens is 266 g/mol. The minimum atomic E-state index is 0.0664. The maximum absolute atomic E-state index is 11.6. The number of hydrogen-bond donors (Lipinski definition) is 3. The lowest BCUT2D eigenvalue weighted by Gasteiger charge is -2.15. The number of amides is 1. The van der Waals surface area contributed by atoms with Crippen molar-refractivity contribution in [2.24, 2.45) is 0 Å². The SMILES string of the molecule is CCCNC(=O)CN(C)CCc1nc2ccc(N)cc2[nH]1. The van der Waals surface area contributed by atoms with Crippen molar-refractivity contribution in [1.29, 1.82) is 0 Å². The van der Waals surface area contributed by atoms with Gasteiger partial charge in [0.1, 0.15) is 5.82 Å². The van der Waals surface area contributed by atoms with E-state index >= 15 is 0 Å². The summed E-state index contributed by atoms with van der Waals surface area (Å²) in [4.78, 5) is 21.4. The number of fused-ring (bicyclic) bond motifs is 1. The molecule has 0 bridgehead atoms. The van der Waals surface area contributed by atoms with E-state index in [0.717, 1.165) is 48.5 Å². The number of anilines is 1. The van der Waals surface area contributed by atoms with Crippen molar-refractivity contribution < 1.29 is 4.79 Å². The molecule has 0 fully saturated rings. The molecule has 6 heteroatoms. The van der Waals surface area contributed by atoms with E-state index in [1.807, 2.05) is 37.1 Å². The van der Waals surface area contributed by atoms with E-state index in [4.69, 9.17) is 5.73 Å². The molecule has 1 aromatic heterocycles. The summed E-state index contributed by atoms with van der Waals surface area (Å²) < 4.78 is 0. The van der Waals surface area contributed by atoms with Gasteiger partial charge in [-0.05, 0) is 31.7 Å². The number of nitrogens with zero attached hydrogens (tertiary/aromatic N) is 2. The molecule has 0 aliphatic rings. The second kappa shape index (κ2) is 7.08. The van der Waals surface area contributed by atoms with E-state index in [0.29, 0.717) is 6.54 Å². The van der Waals surface area contributed by atoms with Crippen LogP contribution < -0.4 is 11.1 Å². The van der Waals surface area contributed by atoms with E-state index in [-0.39, 0.29) is 5.91 Å². The Balaban J connectivity index is 1.85. The molecule has 21 heavy (non-hydrogen) atoms. The molecule has 0 unspecified atom stereocenters. The Bertz CT molecular complexity index is 607. The summed E-state index contributed by atoms with van der Waals surface area (Å²) in [6.07, 6.45) is 1.73. The highest BCUT2D eigenvalue weighted by atomic mass is 16.2. The van der Waals surface area contributed by atoms with Gasteiger partial charge in [-0.1, -0.05) is 6.92 Å². The molecule has 2 aromatic rings. The Morgan fingerprint density at radius 2 is 2.29 bits per heavy atom. The number of aromatic amines is 1. The fourth-order valence-corrected chi connectivity index (χ4v) is 2.14. The standard InChI is InChI=1S/C15H23N5O/c1-3-7-17-15(21)10-20(2)8-6-14-18-12-5-4-11(16)9-13(12)19-14/h4-5,9H,3,6-8,10,16H2,1-2H3,(H,17,21)(H,18,19). The molecule has 4 N–H and O–H groups in total. The number of nitrogens with one attached hydrogen (secondary N) is 2. The Morgan fingerprint density at radius 1 is 1.48 bits per heavy atom. The van der Waals surface area contributed by atoms with Crippen LogP contribution in [0.2, 0.25) is 0 Å². The number of benzene rings is 1. The van der Waals surface area contributed by atoms with Gasteiger partial charge in [0, 0.05) is 25.2 Å². The van der Waals surface area contributed by atoms with Gasteiger partial charge >= 0.3 is 0 Å². The quantitative estimate of drug-likeness (QED) is 0.667. The smallest absolute Gasteiger partial charge is 0.234 e. The number of likely N-dealkylation sites (N-methyl/N-ethyl adjacent to an activating group) is 1. The van der Waals surface area contributed by atoms with Gasteiger partial charge in [-0.25, -0.2) is 4.98 Å². The topological polar surface area (TPSA) is 87.0 Å². The van der Waals surface area contributed by atoms with Gasteiger partial charge in [-0.15, -0.1) is 0 Å². The third kappa shape index (κ3) is 4.46. The Hall–Kier alpha value is -2.08. The molecule has 1 heterocycles. The maximum Gasteiger partial charge on any atom is 0.234 e. The Morgan fingerprint density at radius 3 is 3.05 bits per heavy atom. The number of H-pyrrole nitrogens is 1. The highest BCUT2D eigenvalue weighted by molar-refractivity contribution is 5.79. The number of aromatic nitrogens is 2. The molecule has 0 spiro atoms. The van der Waals surface area contributed by atoms with Crippen molar-refractivity contribution >= 4 is 22.6 Å². The summed E-state index contributed by atoms with van der Waals surface area (Å²) in [7, 11) is 1.94. The van der Waals surface area contributed by atoms with Crippen LogP contribution in [0.25, 0.3) is 11.0 Å². The molecule has 6 nitrogen and oxygen atoms in total. The van der Waals surface area contributed by atoms with Crippen LogP contribution in [0.4, 0.5) is 5.69 Å². The van der Waals surface area contributed by atoms with Crippen LogP contribution in [-0.4, -0.2) is 47.5 Å². The monoisotopic (exact) mass is 289 g/mol. The molecule has 1 amide bonds. The van der Waals surface area contributed by atoms with Gasteiger partial charge < -0.3 is 16.0 Å². The van der Waals surface area contributed by atoms with Gasteiger partial charge in [-0.3, -0.25) is 9.69 Å². The summed E-state index contributed by atoms with van der Waals surface area (Å²) in [5, 5.41) is 2.87. The van der Waals surface area contributed by atoms with Crippen molar-refractivity contribution in [2.45, 2.75) is 19.8 Å². The molecule has 0 saturated heterocycles. The average Bonchev–Trinajstić information content (AvgIpc) is 2.85. The maximum atomic E-state index is 11.6. The fourth-order valence-electron chi connectivity index (χ4n) is 2.14. The van der Waals surface area contributed by atoms with Gasteiger partial charge in [0.25, 0.3) is 0 Å². The number of nitrogens with two attached hydrogens (primary N) is 1. The second-order valence-electron chi connectivity index (χ2n) is 5.30. The number of hydrogen-bond acceptors (Lipinski definition) is 4. The van der Waals surface area contributed by atoms with Crippen LogP contribution in [-0.2, 0) is 11.2 Å². The fraction of sp³-hybridized carbons (Fsp3) is 0.467. The van der Waals surface area contributed by atoms with Crippen molar-refractivity contribution in [2.75, 3.05) is 32.4 Å². The number of nitrogen functional groups attached to an aromatic ring is 1. The first-order valence-electron chi connectivity index (χ1n) is 7.28. The van der Waals surface area contributed by atoms with Crippen LogP contribution in [0.3, 0.4) is 0 Å². The second-order valence-corrected chi connectivity index (χ2v) is 5.30. The molecule has 0 aliphatic heterocycles. The van der Waals surface area contributed by atoms with Crippen molar-refractivity contribution in [1.82, 2.24) is 20.2 Å². The normalized spacial score (nSPS) is 11.2. The van der Waals surface area contributed by atoms with Gasteiger partial charge in [0.05, 0.1) is 17.6 Å². The summed E-state index contributed by atoms with van der Waals surface area (Å²) in [5.41, 5.74) is 8.35. The summed E-state index contributed by atoms with van der Waals surface area (Å²) in [6.45, 7) is 3.96. The number of rotatable bonds is 7. The van der Waals surface area contributed by atoms with Crippen LogP contribution >= 0.6 is 0 Å². The molecule has 0 radical (unpaired) electrons. The predicted molar refractivity (Wildman–Crippen MR) is 85.0 cm³/mol. The van der Waals surface area contributed by atoms with E-state index in [1.54, 1.807) is 0 Å². The zero-order chi connectivity index (χ0) is 15.2. The minimum Gasteiger partial charge on any atom is -0.399 e. The minimum absolute atomic E-state index is 0.0664. The lowest BCUT2D eigenvalue weighted by atomic mass is 10.3. The van der Waals surface area contributed by atoms with E-state index < -0.39 is 0 Å². The Labute approximate surface area is 124 Å². The zero-order valence-corrected chi connectivity index (χ0v) is 12.6. The van der Waals surface area contributed by atoms with E-state index in [9.17, 15) is 4.79 Å².